The summed E-state index contributed by atoms with van der Waals surface area (Å²) >= 11 is 6.16. The van der Waals surface area contributed by atoms with Gasteiger partial charge in [-0.2, -0.15) is 0 Å². The standard InChI is InChI=1S/C20H26ClN5O4/c1-13-5-8-22-18(21)17(13)25-15-11-16(24-12-23-15)28-14-6-9-26(10-7-14)30-19(27)29-20(2,3)4/h5,8,11-12,14H,6-7,9-10H2,1-4H3,(H,23,24,25). The van der Waals surface area contributed by atoms with E-state index in [0.29, 0.717) is 48.5 Å². The fraction of sp³-hybridized carbons (Fsp3) is 0.500. The molecule has 0 atom stereocenters. The normalized spacial score (nSPS) is 15.5. The molecule has 2 aromatic rings. The highest BCUT2D eigenvalue weighted by molar-refractivity contribution is 6.32. The van der Waals surface area contributed by atoms with Crippen molar-refractivity contribution in [2.45, 2.75) is 52.2 Å². The second-order valence-corrected chi connectivity index (χ2v) is 8.32. The molecule has 30 heavy (non-hydrogen) atoms. The number of aryl methyl sites for hydroxylation is 1. The van der Waals surface area contributed by atoms with Crippen LogP contribution in [0.15, 0.2) is 24.7 Å². The van der Waals surface area contributed by atoms with Gasteiger partial charge in [-0.25, -0.2) is 19.7 Å². The van der Waals surface area contributed by atoms with Crippen LogP contribution in [0.4, 0.5) is 16.3 Å². The number of piperidine rings is 1. The number of carbonyl (C=O) groups is 1. The highest BCUT2D eigenvalue weighted by atomic mass is 35.5. The lowest BCUT2D eigenvalue weighted by Crippen LogP contribution is -2.40. The predicted molar refractivity (Wildman–Crippen MR) is 112 cm³/mol. The SMILES string of the molecule is Cc1ccnc(Cl)c1Nc1cc(OC2CCN(OC(=O)OC(C)(C)C)CC2)ncn1. The zero-order valence-corrected chi connectivity index (χ0v) is 18.3. The van der Waals surface area contributed by atoms with Gasteiger partial charge in [0.25, 0.3) is 0 Å². The largest absolute Gasteiger partial charge is 0.528 e. The molecule has 0 aliphatic carbocycles. The number of nitrogens with zero attached hydrogens (tertiary/aromatic N) is 4. The first kappa shape index (κ1) is 22.0. The summed E-state index contributed by atoms with van der Waals surface area (Å²) < 4.78 is 11.2. The lowest BCUT2D eigenvalue weighted by Gasteiger charge is -2.30. The topological polar surface area (TPSA) is 98.7 Å². The molecule has 0 aromatic carbocycles. The van der Waals surface area contributed by atoms with Crippen molar-refractivity contribution in [2.24, 2.45) is 0 Å². The minimum atomic E-state index is -0.697. The van der Waals surface area contributed by atoms with Crippen LogP contribution in [0.1, 0.15) is 39.2 Å². The number of aromatic nitrogens is 3. The number of nitrogens with one attached hydrogen (secondary N) is 1. The van der Waals surface area contributed by atoms with Gasteiger partial charge in [-0.05, 0) is 39.3 Å². The molecular formula is C20H26ClN5O4. The van der Waals surface area contributed by atoms with Gasteiger partial charge in [-0.1, -0.05) is 11.6 Å². The number of carbonyl (C=O) groups excluding carboxylic acids is 1. The van der Waals surface area contributed by atoms with Crippen LogP contribution in [0.2, 0.25) is 5.15 Å². The molecule has 2 aromatic heterocycles. The van der Waals surface area contributed by atoms with Gasteiger partial charge < -0.3 is 19.6 Å². The number of halogens is 1. The first-order valence-corrected chi connectivity index (χ1v) is 10.1. The Morgan fingerprint density at radius 1 is 1.23 bits per heavy atom. The van der Waals surface area contributed by atoms with E-state index >= 15 is 0 Å². The summed E-state index contributed by atoms with van der Waals surface area (Å²) in [5.41, 5.74) is 1.06. The number of anilines is 2. The summed E-state index contributed by atoms with van der Waals surface area (Å²) in [5, 5.41) is 5.12. The van der Waals surface area contributed by atoms with E-state index in [-0.39, 0.29) is 6.10 Å². The summed E-state index contributed by atoms with van der Waals surface area (Å²) in [4.78, 5) is 29.5. The monoisotopic (exact) mass is 435 g/mol. The number of ether oxygens (including phenoxy) is 2. The Morgan fingerprint density at radius 2 is 1.97 bits per heavy atom. The Bertz CT molecular complexity index is 861. The van der Waals surface area contributed by atoms with Gasteiger partial charge >= 0.3 is 6.16 Å². The van der Waals surface area contributed by atoms with E-state index in [2.05, 4.69) is 20.3 Å². The Kier molecular flexibility index (Phi) is 6.94. The predicted octanol–water partition coefficient (Wildman–Crippen LogP) is 4.29. The number of hydroxylamine groups is 2. The van der Waals surface area contributed by atoms with E-state index in [9.17, 15) is 4.79 Å². The van der Waals surface area contributed by atoms with E-state index in [1.54, 1.807) is 38.1 Å². The fourth-order valence-electron chi connectivity index (χ4n) is 2.86. The van der Waals surface area contributed by atoms with Gasteiger partial charge in [0.1, 0.15) is 23.9 Å². The van der Waals surface area contributed by atoms with Crippen LogP contribution in [0.3, 0.4) is 0 Å². The van der Waals surface area contributed by atoms with Crippen LogP contribution in [0.25, 0.3) is 0 Å². The molecule has 0 unspecified atom stereocenters. The van der Waals surface area contributed by atoms with E-state index in [4.69, 9.17) is 25.9 Å². The lowest BCUT2D eigenvalue weighted by atomic mass is 10.1. The first-order valence-electron chi connectivity index (χ1n) is 9.72. The molecule has 0 amide bonds. The Hall–Kier alpha value is -2.65. The Labute approximate surface area is 180 Å². The number of pyridine rings is 1. The Morgan fingerprint density at radius 3 is 2.63 bits per heavy atom. The van der Waals surface area contributed by atoms with Crippen molar-refractivity contribution in [1.29, 1.82) is 0 Å². The van der Waals surface area contributed by atoms with Crippen LogP contribution in [0, 0.1) is 6.92 Å². The number of hydrogen-bond donors (Lipinski definition) is 1. The second-order valence-electron chi connectivity index (χ2n) is 7.96. The summed E-state index contributed by atoms with van der Waals surface area (Å²) in [7, 11) is 0. The van der Waals surface area contributed by atoms with Crippen molar-refractivity contribution in [3.8, 4) is 5.88 Å². The van der Waals surface area contributed by atoms with Gasteiger partial charge in [-0.3, -0.25) is 0 Å². The molecule has 10 heteroatoms. The van der Waals surface area contributed by atoms with Crippen molar-refractivity contribution in [3.63, 3.8) is 0 Å². The van der Waals surface area contributed by atoms with Gasteiger partial charge in [0, 0.05) is 38.2 Å². The highest BCUT2D eigenvalue weighted by Gasteiger charge is 2.26. The highest BCUT2D eigenvalue weighted by Crippen LogP contribution is 2.27. The average molecular weight is 436 g/mol. The van der Waals surface area contributed by atoms with Gasteiger partial charge in [0.05, 0.1) is 5.69 Å². The van der Waals surface area contributed by atoms with Crippen LogP contribution in [0.5, 0.6) is 5.88 Å². The maximum atomic E-state index is 11.8. The van der Waals surface area contributed by atoms with Crippen LogP contribution < -0.4 is 10.1 Å². The molecule has 162 valence electrons. The summed E-state index contributed by atoms with van der Waals surface area (Å²) in [6.45, 7) is 8.41. The quantitative estimate of drug-likeness (QED) is 0.544. The van der Waals surface area contributed by atoms with Crippen molar-refractivity contribution in [3.05, 3.63) is 35.4 Å². The summed E-state index contributed by atoms with van der Waals surface area (Å²) in [6, 6.07) is 3.58. The van der Waals surface area contributed by atoms with Crippen LogP contribution >= 0.6 is 11.6 Å². The molecule has 1 saturated heterocycles. The molecule has 0 saturated carbocycles. The molecule has 0 radical (unpaired) electrons. The fourth-order valence-corrected chi connectivity index (χ4v) is 3.11. The number of hydrogen-bond acceptors (Lipinski definition) is 9. The van der Waals surface area contributed by atoms with Crippen LogP contribution in [-0.2, 0) is 9.57 Å². The van der Waals surface area contributed by atoms with Gasteiger partial charge in [-0.15, -0.1) is 5.06 Å². The molecule has 0 bridgehead atoms. The summed E-state index contributed by atoms with van der Waals surface area (Å²) in [6.07, 6.45) is 3.70. The molecule has 1 aliphatic heterocycles. The smallest absolute Gasteiger partial charge is 0.474 e. The zero-order valence-electron chi connectivity index (χ0n) is 17.5. The third-order valence-corrected chi connectivity index (χ3v) is 4.58. The molecule has 1 fully saturated rings. The molecule has 9 nitrogen and oxygen atoms in total. The van der Waals surface area contributed by atoms with Gasteiger partial charge in [0.15, 0.2) is 5.15 Å². The minimum Gasteiger partial charge on any atom is -0.474 e. The van der Waals surface area contributed by atoms with E-state index in [0.717, 1.165) is 5.56 Å². The van der Waals surface area contributed by atoms with E-state index in [1.807, 2.05) is 13.0 Å². The molecule has 3 heterocycles. The van der Waals surface area contributed by atoms with Crippen molar-refractivity contribution >= 4 is 29.3 Å². The average Bonchev–Trinajstić information content (AvgIpc) is 2.65. The zero-order chi connectivity index (χ0) is 21.7. The second kappa shape index (κ2) is 9.44. The van der Waals surface area contributed by atoms with E-state index in [1.165, 1.54) is 6.33 Å². The third kappa shape index (κ3) is 6.43. The molecule has 3 rings (SSSR count). The maximum absolute atomic E-state index is 11.8. The van der Waals surface area contributed by atoms with Crippen LogP contribution in [-0.4, -0.2) is 51.0 Å². The van der Waals surface area contributed by atoms with Crippen molar-refractivity contribution in [1.82, 2.24) is 20.0 Å². The Balaban J connectivity index is 1.52. The molecule has 1 N–H and O–H groups in total. The van der Waals surface area contributed by atoms with Crippen molar-refractivity contribution in [2.75, 3.05) is 18.4 Å². The minimum absolute atomic E-state index is 0.0463. The molecular weight excluding hydrogens is 410 g/mol. The number of rotatable bonds is 5. The first-order chi connectivity index (χ1) is 14.2. The summed E-state index contributed by atoms with van der Waals surface area (Å²) in [5.74, 6) is 1.01. The molecule has 1 aliphatic rings. The third-order valence-electron chi connectivity index (χ3n) is 4.29. The van der Waals surface area contributed by atoms with Crippen molar-refractivity contribution < 1.29 is 19.1 Å². The lowest BCUT2D eigenvalue weighted by molar-refractivity contribution is -0.159. The van der Waals surface area contributed by atoms with E-state index < -0.39 is 11.8 Å². The maximum Gasteiger partial charge on any atom is 0.528 e. The van der Waals surface area contributed by atoms with Gasteiger partial charge in [0.2, 0.25) is 5.88 Å². The molecule has 0 spiro atoms.